The first kappa shape index (κ1) is 18.0. The predicted octanol–water partition coefficient (Wildman–Crippen LogP) is 1.91. The minimum Gasteiger partial charge on any atom is -0.333 e. The number of likely N-dealkylation sites (N-methyl/N-ethyl adjacent to an activating group) is 1. The third-order valence-corrected chi connectivity index (χ3v) is 4.23. The summed E-state index contributed by atoms with van der Waals surface area (Å²) in [6.07, 6.45) is 0. The van der Waals surface area contributed by atoms with Crippen molar-refractivity contribution in [1.29, 1.82) is 0 Å². The second kappa shape index (κ2) is 7.78. The topological polar surface area (TPSA) is 49.6 Å². The monoisotopic (exact) mass is 311 g/mol. The van der Waals surface area contributed by atoms with Gasteiger partial charge in [0.05, 0.1) is 12.0 Å². The van der Waals surface area contributed by atoms with E-state index in [-0.39, 0.29) is 36.3 Å². The van der Waals surface area contributed by atoms with Gasteiger partial charge in [0, 0.05) is 25.7 Å². The molecule has 1 saturated heterocycles. The summed E-state index contributed by atoms with van der Waals surface area (Å²) in [6, 6.07) is 10.3. The van der Waals surface area contributed by atoms with Gasteiger partial charge in [-0.25, -0.2) is 0 Å². The van der Waals surface area contributed by atoms with E-state index in [1.54, 1.807) is 0 Å². The number of carbonyl (C=O) groups is 1. The molecule has 1 aliphatic heterocycles. The number of nitrogens with two attached hydrogens (primary N) is 1. The number of benzene rings is 1. The summed E-state index contributed by atoms with van der Waals surface area (Å²) in [6.45, 7) is 6.39. The van der Waals surface area contributed by atoms with Gasteiger partial charge in [0.15, 0.2) is 0 Å². The largest absolute Gasteiger partial charge is 0.333 e. The van der Waals surface area contributed by atoms with Gasteiger partial charge in [-0.15, -0.1) is 12.4 Å². The normalized spacial score (nSPS) is 22.3. The third kappa shape index (κ3) is 4.19. The van der Waals surface area contributed by atoms with Crippen LogP contribution in [0.3, 0.4) is 0 Å². The van der Waals surface area contributed by atoms with E-state index < -0.39 is 0 Å². The van der Waals surface area contributed by atoms with Crippen molar-refractivity contribution in [1.82, 2.24) is 9.80 Å². The van der Waals surface area contributed by atoms with Crippen molar-refractivity contribution in [2.75, 3.05) is 26.7 Å². The lowest BCUT2D eigenvalue weighted by molar-refractivity contribution is -0.140. The smallest absolute Gasteiger partial charge is 0.227 e. The van der Waals surface area contributed by atoms with Crippen LogP contribution in [0.4, 0.5) is 0 Å². The molecule has 1 fully saturated rings. The van der Waals surface area contributed by atoms with E-state index >= 15 is 0 Å². The summed E-state index contributed by atoms with van der Waals surface area (Å²) < 4.78 is 0. The summed E-state index contributed by atoms with van der Waals surface area (Å²) >= 11 is 0. The first-order valence-electron chi connectivity index (χ1n) is 7.30. The third-order valence-electron chi connectivity index (χ3n) is 4.23. The maximum atomic E-state index is 12.7. The molecule has 5 heteroatoms. The van der Waals surface area contributed by atoms with E-state index in [0.29, 0.717) is 0 Å². The molecule has 0 saturated carbocycles. The highest BCUT2D eigenvalue weighted by Gasteiger charge is 2.33. The number of hydrogen-bond acceptors (Lipinski definition) is 3. The molecule has 1 aliphatic rings. The number of halogens is 1. The molecule has 1 heterocycles. The van der Waals surface area contributed by atoms with Crippen LogP contribution in [0, 0.1) is 5.92 Å². The Labute approximate surface area is 133 Å². The number of carbonyl (C=O) groups excluding carboxylic acids is 1. The molecule has 4 nitrogen and oxygen atoms in total. The van der Waals surface area contributed by atoms with Crippen LogP contribution in [0.25, 0.3) is 0 Å². The van der Waals surface area contributed by atoms with Gasteiger partial charge in [-0.1, -0.05) is 37.3 Å². The number of rotatable bonds is 3. The lowest BCUT2D eigenvalue weighted by Crippen LogP contribution is -2.52. The highest BCUT2D eigenvalue weighted by molar-refractivity contribution is 5.85. The molecule has 0 spiro atoms. The van der Waals surface area contributed by atoms with Crippen molar-refractivity contribution in [3.8, 4) is 0 Å². The summed E-state index contributed by atoms with van der Waals surface area (Å²) in [5.74, 6) is 0.0339. The van der Waals surface area contributed by atoms with Crippen LogP contribution in [-0.2, 0) is 4.79 Å². The second-order valence-electron chi connectivity index (χ2n) is 5.87. The molecule has 21 heavy (non-hydrogen) atoms. The van der Waals surface area contributed by atoms with Crippen LogP contribution in [0.1, 0.15) is 25.5 Å². The van der Waals surface area contributed by atoms with Crippen molar-refractivity contribution in [2.45, 2.75) is 25.9 Å². The molecule has 0 aliphatic carbocycles. The maximum absolute atomic E-state index is 12.7. The van der Waals surface area contributed by atoms with Crippen molar-refractivity contribution < 1.29 is 4.79 Å². The van der Waals surface area contributed by atoms with Gasteiger partial charge < -0.3 is 15.5 Å². The average Bonchev–Trinajstić information content (AvgIpc) is 2.46. The summed E-state index contributed by atoms with van der Waals surface area (Å²) in [7, 11) is 2.10. The van der Waals surface area contributed by atoms with E-state index in [2.05, 4.69) is 24.1 Å². The highest BCUT2D eigenvalue weighted by atomic mass is 35.5. The van der Waals surface area contributed by atoms with E-state index in [9.17, 15) is 4.79 Å². The Kier molecular flexibility index (Phi) is 6.65. The summed E-state index contributed by atoms with van der Waals surface area (Å²) in [4.78, 5) is 16.9. The van der Waals surface area contributed by atoms with Gasteiger partial charge in [0.1, 0.15) is 0 Å². The molecule has 118 valence electrons. The Balaban J connectivity index is 0.00000220. The zero-order chi connectivity index (χ0) is 14.7. The zero-order valence-corrected chi connectivity index (χ0v) is 13.8. The van der Waals surface area contributed by atoms with Crippen molar-refractivity contribution >= 4 is 18.3 Å². The van der Waals surface area contributed by atoms with E-state index in [0.717, 1.165) is 19.6 Å². The molecule has 0 aromatic heterocycles. The first-order valence-corrected chi connectivity index (χ1v) is 7.30. The molecule has 1 aromatic carbocycles. The maximum Gasteiger partial charge on any atom is 0.227 e. The molecule has 0 bridgehead atoms. The molecular weight excluding hydrogens is 286 g/mol. The fourth-order valence-electron chi connectivity index (χ4n) is 2.63. The fraction of sp³-hybridized carbons (Fsp3) is 0.562. The number of amides is 1. The number of piperazine rings is 1. The van der Waals surface area contributed by atoms with Gasteiger partial charge in [0.25, 0.3) is 0 Å². The van der Waals surface area contributed by atoms with Gasteiger partial charge in [0.2, 0.25) is 5.91 Å². The first-order chi connectivity index (χ1) is 9.50. The Morgan fingerprint density at radius 1 is 1.24 bits per heavy atom. The van der Waals surface area contributed by atoms with Crippen LogP contribution in [0.2, 0.25) is 0 Å². The fourth-order valence-corrected chi connectivity index (χ4v) is 2.63. The Morgan fingerprint density at radius 2 is 1.86 bits per heavy atom. The van der Waals surface area contributed by atoms with Crippen LogP contribution < -0.4 is 5.73 Å². The van der Waals surface area contributed by atoms with Crippen LogP contribution in [0.5, 0.6) is 0 Å². The Hall–Kier alpha value is -1.10. The van der Waals surface area contributed by atoms with Gasteiger partial charge in [-0.2, -0.15) is 0 Å². The summed E-state index contributed by atoms with van der Waals surface area (Å²) in [5, 5.41) is 0. The average molecular weight is 312 g/mol. The van der Waals surface area contributed by atoms with Crippen LogP contribution >= 0.6 is 12.4 Å². The minimum absolute atomic E-state index is 0. The Bertz CT molecular complexity index is 452. The van der Waals surface area contributed by atoms with Crippen molar-refractivity contribution in [3.05, 3.63) is 35.9 Å². The number of hydrogen-bond donors (Lipinski definition) is 1. The highest BCUT2D eigenvalue weighted by Crippen LogP contribution is 2.26. The summed E-state index contributed by atoms with van der Waals surface area (Å²) in [5.41, 5.74) is 7.10. The zero-order valence-electron chi connectivity index (χ0n) is 13.0. The quantitative estimate of drug-likeness (QED) is 0.927. The predicted molar refractivity (Wildman–Crippen MR) is 88.5 cm³/mol. The molecule has 1 aromatic rings. The lowest BCUT2D eigenvalue weighted by atomic mass is 9.97. The molecule has 0 radical (unpaired) electrons. The molecule has 2 rings (SSSR count). The molecule has 3 unspecified atom stereocenters. The molecule has 3 atom stereocenters. The second-order valence-corrected chi connectivity index (χ2v) is 5.87. The van der Waals surface area contributed by atoms with Crippen LogP contribution in [-0.4, -0.2) is 48.4 Å². The molecular formula is C16H26ClN3O. The minimum atomic E-state index is -0.135. The van der Waals surface area contributed by atoms with E-state index in [4.69, 9.17) is 5.73 Å². The Morgan fingerprint density at radius 3 is 2.43 bits per heavy atom. The number of nitrogens with zero attached hydrogens (tertiary/aromatic N) is 2. The van der Waals surface area contributed by atoms with Gasteiger partial charge in [-0.05, 0) is 19.5 Å². The van der Waals surface area contributed by atoms with E-state index in [1.165, 1.54) is 5.56 Å². The van der Waals surface area contributed by atoms with Crippen molar-refractivity contribution in [2.24, 2.45) is 11.7 Å². The lowest BCUT2D eigenvalue weighted by Gasteiger charge is -2.41. The van der Waals surface area contributed by atoms with Crippen molar-refractivity contribution in [3.63, 3.8) is 0 Å². The SMILES string of the molecule is CC(N)C(C)C(=O)N1CCN(C)CC1c1ccccc1.Cl. The van der Waals surface area contributed by atoms with Gasteiger partial charge >= 0.3 is 0 Å². The van der Waals surface area contributed by atoms with E-state index in [1.807, 2.05) is 36.9 Å². The molecule has 2 N–H and O–H groups in total. The molecule has 1 amide bonds. The standard InChI is InChI=1S/C16H25N3O.ClH/c1-12(13(2)17)16(20)19-10-9-18(3)11-15(19)14-7-5-4-6-8-14;/h4-8,12-13,15H,9-11,17H2,1-3H3;1H. The van der Waals surface area contributed by atoms with Gasteiger partial charge in [-0.3, -0.25) is 4.79 Å². The van der Waals surface area contributed by atoms with Crippen LogP contribution in [0.15, 0.2) is 30.3 Å².